The average Bonchev–Trinajstić information content (AvgIpc) is 2.98. The molecule has 0 bridgehead atoms. The van der Waals surface area contributed by atoms with Crippen molar-refractivity contribution in [1.29, 1.82) is 0 Å². The van der Waals surface area contributed by atoms with Crippen molar-refractivity contribution in [3.05, 3.63) is 12.7 Å². The van der Waals surface area contributed by atoms with E-state index in [9.17, 15) is 13.2 Å². The Morgan fingerprint density at radius 2 is 2.07 bits per heavy atom. The van der Waals surface area contributed by atoms with Crippen molar-refractivity contribution in [2.24, 2.45) is 11.8 Å². The fourth-order valence-electron chi connectivity index (χ4n) is 1.45. The van der Waals surface area contributed by atoms with Crippen LogP contribution in [0.3, 0.4) is 0 Å². The van der Waals surface area contributed by atoms with E-state index >= 15 is 0 Å². The lowest BCUT2D eigenvalue weighted by Gasteiger charge is -2.03. The molecule has 2 atom stereocenters. The van der Waals surface area contributed by atoms with E-state index in [0.717, 1.165) is 6.42 Å². The van der Waals surface area contributed by atoms with E-state index < -0.39 is 10.0 Å². The van der Waals surface area contributed by atoms with Crippen molar-refractivity contribution in [3.63, 3.8) is 0 Å². The number of carbonyl (C=O) groups excluding carboxylic acids is 1. The van der Waals surface area contributed by atoms with E-state index in [1.165, 1.54) is 0 Å². The van der Waals surface area contributed by atoms with E-state index in [2.05, 4.69) is 11.3 Å². The van der Waals surface area contributed by atoms with E-state index in [1.54, 1.807) is 6.08 Å². The van der Waals surface area contributed by atoms with Gasteiger partial charge in [-0.1, -0.05) is 6.08 Å². The SMILES string of the molecule is C=C[C@@H]1C[C@@H]1C(=O)NS(=O)(=O)C1CC1. The molecule has 1 N–H and O–H groups in total. The molecule has 0 aromatic carbocycles. The minimum atomic E-state index is -3.36. The molecule has 1 amide bonds. The summed E-state index contributed by atoms with van der Waals surface area (Å²) in [6.45, 7) is 3.57. The first-order valence-corrected chi connectivity index (χ1v) is 6.27. The molecule has 2 aliphatic carbocycles. The maximum absolute atomic E-state index is 11.4. The van der Waals surface area contributed by atoms with Gasteiger partial charge in [-0.2, -0.15) is 0 Å². The van der Waals surface area contributed by atoms with Crippen LogP contribution in [-0.4, -0.2) is 19.6 Å². The third kappa shape index (κ3) is 1.82. The molecule has 0 saturated heterocycles. The third-order valence-electron chi connectivity index (χ3n) is 2.69. The third-order valence-corrected chi connectivity index (χ3v) is 4.52. The van der Waals surface area contributed by atoms with Gasteiger partial charge in [0.1, 0.15) is 0 Å². The maximum Gasteiger partial charge on any atom is 0.237 e. The van der Waals surface area contributed by atoms with Gasteiger partial charge in [0.05, 0.1) is 5.25 Å². The standard InChI is InChI=1S/C9H13NO3S/c1-2-6-5-8(6)9(11)10-14(12,13)7-3-4-7/h2,6-8H,1,3-5H2,(H,10,11)/t6-,8+/m1/s1. The fraction of sp³-hybridized carbons (Fsp3) is 0.667. The Hall–Kier alpha value is -0.840. The number of amides is 1. The molecule has 0 aromatic rings. The van der Waals surface area contributed by atoms with Gasteiger partial charge < -0.3 is 0 Å². The highest BCUT2D eigenvalue weighted by Crippen LogP contribution is 2.39. The largest absolute Gasteiger partial charge is 0.274 e. The molecular formula is C9H13NO3S. The highest BCUT2D eigenvalue weighted by molar-refractivity contribution is 7.90. The van der Waals surface area contributed by atoms with Gasteiger partial charge >= 0.3 is 0 Å². The van der Waals surface area contributed by atoms with Crippen LogP contribution in [-0.2, 0) is 14.8 Å². The second kappa shape index (κ2) is 3.08. The van der Waals surface area contributed by atoms with E-state index in [0.29, 0.717) is 12.8 Å². The summed E-state index contributed by atoms with van der Waals surface area (Å²) >= 11 is 0. The smallest absolute Gasteiger partial charge is 0.237 e. The van der Waals surface area contributed by atoms with Crippen molar-refractivity contribution >= 4 is 15.9 Å². The molecule has 2 fully saturated rings. The van der Waals surface area contributed by atoms with Crippen molar-refractivity contribution in [1.82, 2.24) is 4.72 Å². The molecule has 5 heteroatoms. The lowest BCUT2D eigenvalue weighted by molar-refractivity contribution is -0.120. The molecule has 4 nitrogen and oxygen atoms in total. The van der Waals surface area contributed by atoms with Gasteiger partial charge in [0.15, 0.2) is 0 Å². The van der Waals surface area contributed by atoms with Crippen LogP contribution in [0.1, 0.15) is 19.3 Å². The average molecular weight is 215 g/mol. The Labute approximate surface area is 83.4 Å². The molecule has 0 unspecified atom stereocenters. The van der Waals surface area contributed by atoms with Gasteiger partial charge in [-0.05, 0) is 25.2 Å². The first kappa shape index (κ1) is 9.71. The lowest BCUT2D eigenvalue weighted by atomic mass is 10.3. The van der Waals surface area contributed by atoms with Crippen molar-refractivity contribution < 1.29 is 13.2 Å². The van der Waals surface area contributed by atoms with Crippen molar-refractivity contribution in [2.75, 3.05) is 0 Å². The van der Waals surface area contributed by atoms with Crippen LogP contribution >= 0.6 is 0 Å². The molecule has 0 radical (unpaired) electrons. The Balaban J connectivity index is 1.92. The zero-order valence-corrected chi connectivity index (χ0v) is 8.59. The van der Waals surface area contributed by atoms with Crippen LogP contribution in [0.15, 0.2) is 12.7 Å². The summed E-state index contributed by atoms with van der Waals surface area (Å²) < 4.78 is 24.9. The van der Waals surface area contributed by atoms with Crippen LogP contribution in [0.4, 0.5) is 0 Å². The second-order valence-corrected chi connectivity index (χ2v) is 5.91. The van der Waals surface area contributed by atoms with Gasteiger partial charge in [-0.15, -0.1) is 6.58 Å². The van der Waals surface area contributed by atoms with Gasteiger partial charge in [0, 0.05) is 5.92 Å². The first-order chi connectivity index (χ1) is 6.54. The lowest BCUT2D eigenvalue weighted by Crippen LogP contribution is -2.34. The first-order valence-electron chi connectivity index (χ1n) is 4.72. The Bertz CT molecular complexity index is 370. The zero-order chi connectivity index (χ0) is 10.3. The Kier molecular flexibility index (Phi) is 2.14. The van der Waals surface area contributed by atoms with Crippen molar-refractivity contribution in [2.45, 2.75) is 24.5 Å². The molecule has 0 aromatic heterocycles. The zero-order valence-electron chi connectivity index (χ0n) is 7.77. The molecule has 0 aliphatic heterocycles. The minimum Gasteiger partial charge on any atom is -0.274 e. The molecular weight excluding hydrogens is 202 g/mol. The van der Waals surface area contributed by atoms with Crippen LogP contribution in [0.2, 0.25) is 0 Å². The summed E-state index contributed by atoms with van der Waals surface area (Å²) in [6, 6.07) is 0. The summed E-state index contributed by atoms with van der Waals surface area (Å²) in [6.07, 6.45) is 3.79. The van der Waals surface area contributed by atoms with E-state index in [4.69, 9.17) is 0 Å². The van der Waals surface area contributed by atoms with E-state index in [-0.39, 0.29) is 23.0 Å². The highest BCUT2D eigenvalue weighted by atomic mass is 32.2. The van der Waals surface area contributed by atoms with Crippen LogP contribution < -0.4 is 4.72 Å². The van der Waals surface area contributed by atoms with Gasteiger partial charge in [0.2, 0.25) is 15.9 Å². The predicted octanol–water partition coefficient (Wildman–Crippen LogP) is 0.417. The summed E-state index contributed by atoms with van der Waals surface area (Å²) in [5, 5.41) is -0.326. The molecule has 2 aliphatic rings. The van der Waals surface area contributed by atoms with Crippen molar-refractivity contribution in [3.8, 4) is 0 Å². The Morgan fingerprint density at radius 3 is 2.50 bits per heavy atom. The minimum absolute atomic E-state index is 0.166. The summed E-state index contributed by atoms with van der Waals surface area (Å²) in [5.74, 6) is -0.354. The molecule has 0 heterocycles. The Morgan fingerprint density at radius 1 is 1.43 bits per heavy atom. The number of nitrogens with one attached hydrogen (secondary N) is 1. The van der Waals surface area contributed by atoms with Crippen LogP contribution in [0.25, 0.3) is 0 Å². The number of rotatable bonds is 4. The van der Waals surface area contributed by atoms with Crippen LogP contribution in [0, 0.1) is 11.8 Å². The maximum atomic E-state index is 11.4. The molecule has 78 valence electrons. The van der Waals surface area contributed by atoms with Gasteiger partial charge in [0.25, 0.3) is 0 Å². The quantitative estimate of drug-likeness (QED) is 0.691. The summed E-state index contributed by atoms with van der Waals surface area (Å²) in [4.78, 5) is 11.4. The molecule has 0 spiro atoms. The second-order valence-electron chi connectivity index (χ2n) is 3.95. The normalized spacial score (nSPS) is 30.9. The van der Waals surface area contributed by atoms with Gasteiger partial charge in [-0.3, -0.25) is 9.52 Å². The van der Waals surface area contributed by atoms with Crippen LogP contribution in [0.5, 0.6) is 0 Å². The number of allylic oxidation sites excluding steroid dienone is 1. The predicted molar refractivity (Wildman–Crippen MR) is 51.9 cm³/mol. The number of carbonyl (C=O) groups is 1. The van der Waals surface area contributed by atoms with Gasteiger partial charge in [-0.25, -0.2) is 8.42 Å². The number of hydrogen-bond acceptors (Lipinski definition) is 3. The molecule has 14 heavy (non-hydrogen) atoms. The summed E-state index contributed by atoms with van der Waals surface area (Å²) in [7, 11) is -3.36. The molecule has 2 saturated carbocycles. The number of sulfonamides is 1. The van der Waals surface area contributed by atoms with E-state index in [1.807, 2.05) is 0 Å². The monoisotopic (exact) mass is 215 g/mol. The number of hydrogen-bond donors (Lipinski definition) is 1. The topological polar surface area (TPSA) is 63.2 Å². The molecule has 2 rings (SSSR count). The summed E-state index contributed by atoms with van der Waals surface area (Å²) in [5.41, 5.74) is 0. The highest BCUT2D eigenvalue weighted by Gasteiger charge is 2.44. The fourth-order valence-corrected chi connectivity index (χ4v) is 2.81.